The summed E-state index contributed by atoms with van der Waals surface area (Å²) in [7, 11) is 0. The maximum Gasteiger partial charge on any atom is 0.326 e. The summed E-state index contributed by atoms with van der Waals surface area (Å²) in [4.78, 5) is 15.1. The lowest BCUT2D eigenvalue weighted by molar-refractivity contribution is -0.151. The molecule has 0 spiro atoms. The minimum absolute atomic E-state index is 0.0159. The molecular weight excluding hydrogens is 264 g/mol. The Kier molecular flexibility index (Phi) is 4.04. The van der Waals surface area contributed by atoms with Crippen LogP contribution in [0.5, 0.6) is 0 Å². The molecule has 4 heteroatoms. The molecule has 2 atom stereocenters. The summed E-state index contributed by atoms with van der Waals surface area (Å²) in [6, 6.07) is 1.09. The van der Waals surface area contributed by atoms with Gasteiger partial charge in [-0.1, -0.05) is 13.8 Å². The van der Waals surface area contributed by atoms with E-state index in [1.54, 1.807) is 0 Å². The van der Waals surface area contributed by atoms with E-state index in [1.807, 2.05) is 6.92 Å². The van der Waals surface area contributed by atoms with Gasteiger partial charge in [0.25, 0.3) is 0 Å². The molecule has 4 nitrogen and oxygen atoms in total. The minimum atomic E-state index is -0.408. The molecule has 0 aromatic carbocycles. The van der Waals surface area contributed by atoms with Crippen molar-refractivity contribution in [3.05, 3.63) is 0 Å². The molecule has 0 aromatic heterocycles. The van der Waals surface area contributed by atoms with Gasteiger partial charge in [-0.25, -0.2) is 0 Å². The first-order valence-electron chi connectivity index (χ1n) is 8.63. The van der Waals surface area contributed by atoms with Crippen molar-refractivity contribution in [1.82, 2.24) is 10.2 Å². The largest absolute Gasteiger partial charge is 0.465 e. The molecular formula is C17H30N2O2. The highest BCUT2D eigenvalue weighted by Gasteiger charge is 2.51. The van der Waals surface area contributed by atoms with E-state index in [9.17, 15) is 4.79 Å². The van der Waals surface area contributed by atoms with E-state index in [4.69, 9.17) is 4.74 Å². The summed E-state index contributed by atoms with van der Waals surface area (Å²) in [5, 5.41) is 3.62. The average Bonchev–Trinajstić information content (AvgIpc) is 2.99. The normalized spacial score (nSPS) is 36.0. The third-order valence-corrected chi connectivity index (χ3v) is 5.44. The number of ether oxygens (including phenoxy) is 1. The number of rotatable bonds is 5. The number of hydrogen-bond donors (Lipinski definition) is 1. The Morgan fingerprint density at radius 1 is 1.29 bits per heavy atom. The van der Waals surface area contributed by atoms with E-state index in [2.05, 4.69) is 24.1 Å². The van der Waals surface area contributed by atoms with Gasteiger partial charge in [0.1, 0.15) is 5.54 Å². The van der Waals surface area contributed by atoms with Crippen LogP contribution in [-0.2, 0) is 9.53 Å². The maximum atomic E-state index is 12.5. The zero-order chi connectivity index (χ0) is 15.1. The second-order valence-electron chi connectivity index (χ2n) is 8.00. The third-order valence-electron chi connectivity index (χ3n) is 5.44. The number of esters is 1. The lowest BCUT2D eigenvalue weighted by atomic mass is 9.93. The number of likely N-dealkylation sites (tertiary alicyclic amines) is 1. The average molecular weight is 294 g/mol. The van der Waals surface area contributed by atoms with Crippen LogP contribution in [0.15, 0.2) is 0 Å². The van der Waals surface area contributed by atoms with Crippen molar-refractivity contribution in [2.24, 2.45) is 5.41 Å². The molecule has 1 aliphatic heterocycles. The van der Waals surface area contributed by atoms with Crippen LogP contribution < -0.4 is 5.32 Å². The van der Waals surface area contributed by atoms with E-state index in [0.717, 1.165) is 19.3 Å². The Morgan fingerprint density at radius 3 is 2.62 bits per heavy atom. The zero-order valence-corrected chi connectivity index (χ0v) is 13.8. The zero-order valence-electron chi connectivity index (χ0n) is 13.8. The molecule has 21 heavy (non-hydrogen) atoms. The van der Waals surface area contributed by atoms with Crippen molar-refractivity contribution in [1.29, 1.82) is 0 Å². The predicted octanol–water partition coefficient (Wildman–Crippen LogP) is 2.32. The Balaban J connectivity index is 1.67. The van der Waals surface area contributed by atoms with Gasteiger partial charge in [0.05, 0.1) is 6.61 Å². The fourth-order valence-electron chi connectivity index (χ4n) is 4.06. The molecule has 1 heterocycles. The Bertz CT molecular complexity index is 406. The molecule has 1 N–H and O–H groups in total. The number of nitrogens with one attached hydrogen (secondary N) is 1. The number of nitrogens with zero attached hydrogens (tertiary/aromatic N) is 1. The second-order valence-corrected chi connectivity index (χ2v) is 8.00. The summed E-state index contributed by atoms with van der Waals surface area (Å²) in [5.41, 5.74) is 0.0215. The molecule has 0 radical (unpaired) electrons. The SMILES string of the molecule is CCOC(=O)C1(NC2CC2)CCC(N2CCC(C)(C)C2)C1. The first-order valence-corrected chi connectivity index (χ1v) is 8.63. The van der Waals surface area contributed by atoms with E-state index in [0.29, 0.717) is 24.1 Å². The summed E-state index contributed by atoms with van der Waals surface area (Å²) in [6.07, 6.45) is 6.67. The number of hydrogen-bond acceptors (Lipinski definition) is 4. The summed E-state index contributed by atoms with van der Waals surface area (Å²) < 4.78 is 5.39. The second kappa shape index (κ2) is 5.54. The fourth-order valence-corrected chi connectivity index (χ4v) is 4.06. The highest BCUT2D eigenvalue weighted by Crippen LogP contribution is 2.40. The molecule has 0 bridgehead atoms. The van der Waals surface area contributed by atoms with Gasteiger partial charge in [0.15, 0.2) is 0 Å². The van der Waals surface area contributed by atoms with E-state index in [1.165, 1.54) is 32.4 Å². The molecule has 3 rings (SSSR count). The smallest absolute Gasteiger partial charge is 0.326 e. The van der Waals surface area contributed by atoms with Crippen LogP contribution in [0.4, 0.5) is 0 Å². The maximum absolute atomic E-state index is 12.5. The molecule has 2 saturated carbocycles. The minimum Gasteiger partial charge on any atom is -0.465 e. The van der Waals surface area contributed by atoms with Crippen LogP contribution in [0.25, 0.3) is 0 Å². The highest BCUT2D eigenvalue weighted by atomic mass is 16.5. The van der Waals surface area contributed by atoms with Crippen molar-refractivity contribution in [3.8, 4) is 0 Å². The van der Waals surface area contributed by atoms with E-state index in [-0.39, 0.29) is 5.97 Å². The lowest BCUT2D eigenvalue weighted by Gasteiger charge is -2.31. The third kappa shape index (κ3) is 3.26. The Morgan fingerprint density at radius 2 is 2.05 bits per heavy atom. The van der Waals surface area contributed by atoms with Crippen LogP contribution in [-0.4, -0.2) is 48.2 Å². The topological polar surface area (TPSA) is 41.6 Å². The monoisotopic (exact) mass is 294 g/mol. The van der Waals surface area contributed by atoms with Crippen molar-refractivity contribution >= 4 is 5.97 Å². The van der Waals surface area contributed by atoms with Gasteiger partial charge in [0, 0.05) is 18.6 Å². The van der Waals surface area contributed by atoms with Crippen LogP contribution in [0.3, 0.4) is 0 Å². The van der Waals surface area contributed by atoms with Crippen molar-refractivity contribution in [2.75, 3.05) is 19.7 Å². The standard InChI is InChI=1S/C17H30N2O2/c1-4-21-15(20)17(18-13-5-6-13)8-7-14(11-17)19-10-9-16(2,3)12-19/h13-14,18H,4-12H2,1-3H3. The van der Waals surface area contributed by atoms with Gasteiger partial charge in [-0.3, -0.25) is 15.0 Å². The Labute approximate surface area is 128 Å². The van der Waals surface area contributed by atoms with Crippen LogP contribution >= 0.6 is 0 Å². The summed E-state index contributed by atoms with van der Waals surface area (Å²) in [5.74, 6) is -0.0159. The van der Waals surface area contributed by atoms with Gasteiger partial charge in [0.2, 0.25) is 0 Å². The van der Waals surface area contributed by atoms with E-state index < -0.39 is 5.54 Å². The first-order chi connectivity index (χ1) is 9.94. The van der Waals surface area contributed by atoms with Crippen LogP contribution in [0, 0.1) is 5.41 Å². The van der Waals surface area contributed by atoms with Gasteiger partial charge >= 0.3 is 5.97 Å². The molecule has 3 fully saturated rings. The molecule has 2 aliphatic carbocycles. The molecule has 3 aliphatic rings. The fraction of sp³-hybridized carbons (Fsp3) is 0.941. The van der Waals surface area contributed by atoms with Crippen molar-refractivity contribution in [2.45, 2.75) is 76.9 Å². The van der Waals surface area contributed by atoms with Gasteiger partial charge in [-0.05, 0) is 57.4 Å². The predicted molar refractivity (Wildman–Crippen MR) is 83.1 cm³/mol. The number of carbonyl (C=O) groups excluding carboxylic acids is 1. The quantitative estimate of drug-likeness (QED) is 0.790. The Hall–Kier alpha value is -0.610. The molecule has 0 amide bonds. The van der Waals surface area contributed by atoms with Crippen molar-refractivity contribution < 1.29 is 9.53 Å². The highest BCUT2D eigenvalue weighted by molar-refractivity contribution is 5.81. The molecule has 2 unspecified atom stereocenters. The summed E-state index contributed by atoms with van der Waals surface area (Å²) in [6.45, 7) is 9.43. The number of carbonyl (C=O) groups is 1. The van der Waals surface area contributed by atoms with Crippen molar-refractivity contribution in [3.63, 3.8) is 0 Å². The van der Waals surface area contributed by atoms with Gasteiger partial charge in [-0.2, -0.15) is 0 Å². The molecule has 0 aromatic rings. The van der Waals surface area contributed by atoms with Gasteiger partial charge in [-0.15, -0.1) is 0 Å². The van der Waals surface area contributed by atoms with Crippen LogP contribution in [0.2, 0.25) is 0 Å². The molecule has 1 saturated heterocycles. The van der Waals surface area contributed by atoms with Gasteiger partial charge < -0.3 is 4.74 Å². The molecule has 120 valence electrons. The summed E-state index contributed by atoms with van der Waals surface area (Å²) >= 11 is 0. The van der Waals surface area contributed by atoms with Crippen LogP contribution in [0.1, 0.15) is 59.3 Å². The lowest BCUT2D eigenvalue weighted by Crippen LogP contribution is -2.53. The van der Waals surface area contributed by atoms with E-state index >= 15 is 0 Å². The first kappa shape index (κ1) is 15.3.